The number of ether oxygens (including phenoxy) is 4. The lowest BCUT2D eigenvalue weighted by molar-refractivity contribution is -0.175. The Hall–Kier alpha value is -2.57. The summed E-state index contributed by atoms with van der Waals surface area (Å²) in [4.78, 5) is 38.1. The van der Waals surface area contributed by atoms with E-state index < -0.39 is 23.3 Å². The Balaban J connectivity index is 3.70. The Kier molecular flexibility index (Phi) is 7.23. The molecule has 0 heterocycles. The van der Waals surface area contributed by atoms with Crippen LogP contribution < -0.4 is 4.74 Å². The normalized spacial score (nSPS) is 10.7. The highest BCUT2D eigenvalue weighted by Gasteiger charge is 2.60. The number of benzene rings is 1. The van der Waals surface area contributed by atoms with Gasteiger partial charge in [0, 0.05) is 5.56 Å². The second-order valence-corrected chi connectivity index (χ2v) is 4.61. The van der Waals surface area contributed by atoms with Crippen molar-refractivity contribution in [1.29, 1.82) is 0 Å². The molecule has 0 spiro atoms. The zero-order valence-corrected chi connectivity index (χ0v) is 14.3. The number of para-hydroxylation sites is 1. The topological polar surface area (TPSA) is 88.1 Å². The van der Waals surface area contributed by atoms with Crippen LogP contribution in [0.5, 0.6) is 5.75 Å². The highest BCUT2D eigenvalue weighted by Crippen LogP contribution is 2.36. The van der Waals surface area contributed by atoms with Gasteiger partial charge in [0.2, 0.25) is 0 Å². The molecule has 7 nitrogen and oxygen atoms in total. The van der Waals surface area contributed by atoms with Gasteiger partial charge in [-0.25, -0.2) is 14.4 Å². The van der Waals surface area contributed by atoms with Gasteiger partial charge in [0.25, 0.3) is 5.41 Å². The minimum absolute atomic E-state index is 0.0165. The predicted octanol–water partition coefficient (Wildman–Crippen LogP) is 1.62. The first-order valence-electron chi connectivity index (χ1n) is 7.65. The average molecular weight is 338 g/mol. The Labute approximate surface area is 140 Å². The van der Waals surface area contributed by atoms with Crippen molar-refractivity contribution >= 4 is 17.9 Å². The third kappa shape index (κ3) is 3.50. The zero-order chi connectivity index (χ0) is 18.2. The summed E-state index contributed by atoms with van der Waals surface area (Å²) in [5, 5.41) is 0. The van der Waals surface area contributed by atoms with Gasteiger partial charge in [-0.1, -0.05) is 18.2 Å². The maximum Gasteiger partial charge on any atom is 0.340 e. The van der Waals surface area contributed by atoms with Crippen LogP contribution in [0.2, 0.25) is 0 Å². The van der Waals surface area contributed by atoms with E-state index in [0.29, 0.717) is 0 Å². The minimum Gasteiger partial charge on any atom is -0.496 e. The standard InChI is InChI=1S/C17H22O7/c1-5-22-14(18)17(15(19)23-6-2,16(20)24-7-3)12-10-8-9-11-13(12)21-4/h8-11H,5-7H2,1-4H3. The number of hydrogen-bond acceptors (Lipinski definition) is 7. The molecule has 0 radical (unpaired) electrons. The summed E-state index contributed by atoms with van der Waals surface area (Å²) in [5.41, 5.74) is -2.38. The van der Waals surface area contributed by atoms with Crippen LogP contribution in [0.1, 0.15) is 26.3 Å². The summed E-state index contributed by atoms with van der Waals surface area (Å²) in [6.45, 7) is 4.65. The van der Waals surface area contributed by atoms with Gasteiger partial charge in [-0.05, 0) is 26.8 Å². The first-order valence-corrected chi connectivity index (χ1v) is 7.65. The molecule has 132 valence electrons. The number of carbonyl (C=O) groups excluding carboxylic acids is 3. The van der Waals surface area contributed by atoms with Crippen LogP contribution in [0, 0.1) is 0 Å². The fraction of sp³-hybridized carbons (Fsp3) is 0.471. The van der Waals surface area contributed by atoms with Crippen molar-refractivity contribution in [2.75, 3.05) is 26.9 Å². The summed E-state index contributed by atoms with van der Waals surface area (Å²) >= 11 is 0. The predicted molar refractivity (Wildman–Crippen MR) is 84.6 cm³/mol. The third-order valence-electron chi connectivity index (χ3n) is 3.26. The number of hydrogen-bond donors (Lipinski definition) is 0. The highest BCUT2D eigenvalue weighted by molar-refractivity contribution is 6.24. The van der Waals surface area contributed by atoms with Gasteiger partial charge in [-0.2, -0.15) is 0 Å². The Bertz CT molecular complexity index is 549. The van der Waals surface area contributed by atoms with Crippen molar-refractivity contribution in [3.05, 3.63) is 29.8 Å². The van der Waals surface area contributed by atoms with E-state index in [9.17, 15) is 14.4 Å². The molecule has 0 saturated carbocycles. The van der Waals surface area contributed by atoms with Crippen molar-refractivity contribution < 1.29 is 33.3 Å². The molecule has 0 bridgehead atoms. The largest absolute Gasteiger partial charge is 0.496 e. The first-order chi connectivity index (χ1) is 11.5. The molecule has 0 N–H and O–H groups in total. The fourth-order valence-electron chi connectivity index (χ4n) is 2.25. The van der Waals surface area contributed by atoms with Crippen LogP contribution in [-0.4, -0.2) is 44.8 Å². The van der Waals surface area contributed by atoms with Crippen LogP contribution in [0.3, 0.4) is 0 Å². The Morgan fingerprint density at radius 2 is 1.25 bits per heavy atom. The Morgan fingerprint density at radius 1 is 0.833 bits per heavy atom. The molecule has 0 aromatic heterocycles. The lowest BCUT2D eigenvalue weighted by Gasteiger charge is -2.28. The quantitative estimate of drug-likeness (QED) is 0.404. The molecule has 7 heteroatoms. The number of esters is 3. The van der Waals surface area contributed by atoms with E-state index in [0.717, 1.165) is 0 Å². The minimum atomic E-state index is -2.39. The first kappa shape index (κ1) is 19.5. The molecule has 1 rings (SSSR count). The molecule has 1 aromatic carbocycles. The molecular formula is C17H22O7. The van der Waals surface area contributed by atoms with Gasteiger partial charge in [0.1, 0.15) is 5.75 Å². The van der Waals surface area contributed by atoms with Gasteiger partial charge in [0.15, 0.2) is 0 Å². The third-order valence-corrected chi connectivity index (χ3v) is 3.26. The van der Waals surface area contributed by atoms with Crippen molar-refractivity contribution in [1.82, 2.24) is 0 Å². The van der Waals surface area contributed by atoms with Crippen molar-refractivity contribution in [3.8, 4) is 5.75 Å². The van der Waals surface area contributed by atoms with Gasteiger partial charge in [0.05, 0.1) is 26.9 Å². The fourth-order valence-corrected chi connectivity index (χ4v) is 2.25. The molecule has 0 amide bonds. The lowest BCUT2D eigenvalue weighted by Crippen LogP contribution is -2.53. The summed E-state index contributed by atoms with van der Waals surface area (Å²) in [6.07, 6.45) is 0. The summed E-state index contributed by atoms with van der Waals surface area (Å²) in [7, 11) is 1.37. The molecule has 0 aliphatic heterocycles. The van der Waals surface area contributed by atoms with Crippen molar-refractivity contribution in [2.24, 2.45) is 0 Å². The highest BCUT2D eigenvalue weighted by atomic mass is 16.6. The van der Waals surface area contributed by atoms with Gasteiger partial charge in [-0.15, -0.1) is 0 Å². The van der Waals surface area contributed by atoms with Crippen molar-refractivity contribution in [3.63, 3.8) is 0 Å². The van der Waals surface area contributed by atoms with Gasteiger partial charge in [-0.3, -0.25) is 0 Å². The van der Waals surface area contributed by atoms with Crippen LogP contribution in [0.15, 0.2) is 24.3 Å². The van der Waals surface area contributed by atoms with E-state index in [4.69, 9.17) is 18.9 Å². The average Bonchev–Trinajstić information content (AvgIpc) is 2.57. The molecular weight excluding hydrogens is 316 g/mol. The van der Waals surface area contributed by atoms with E-state index in [-0.39, 0.29) is 31.1 Å². The van der Waals surface area contributed by atoms with E-state index >= 15 is 0 Å². The zero-order valence-electron chi connectivity index (χ0n) is 14.3. The maximum atomic E-state index is 12.7. The van der Waals surface area contributed by atoms with E-state index in [1.165, 1.54) is 19.2 Å². The molecule has 0 aliphatic rings. The number of carbonyl (C=O) groups is 3. The number of rotatable bonds is 8. The molecule has 24 heavy (non-hydrogen) atoms. The SMILES string of the molecule is CCOC(=O)C(C(=O)OCC)(C(=O)OCC)c1ccccc1OC. The lowest BCUT2D eigenvalue weighted by atomic mass is 9.79. The molecule has 0 atom stereocenters. The summed E-state index contributed by atoms with van der Waals surface area (Å²) in [5.74, 6) is -3.02. The maximum absolute atomic E-state index is 12.7. The smallest absolute Gasteiger partial charge is 0.340 e. The molecule has 0 saturated heterocycles. The molecule has 1 aromatic rings. The van der Waals surface area contributed by atoms with Gasteiger partial charge < -0.3 is 18.9 Å². The van der Waals surface area contributed by atoms with Gasteiger partial charge >= 0.3 is 17.9 Å². The van der Waals surface area contributed by atoms with Crippen LogP contribution in [-0.2, 0) is 34.0 Å². The summed E-state index contributed by atoms with van der Waals surface area (Å²) < 4.78 is 20.2. The monoisotopic (exact) mass is 338 g/mol. The van der Waals surface area contributed by atoms with Crippen LogP contribution in [0.4, 0.5) is 0 Å². The van der Waals surface area contributed by atoms with E-state index in [1.807, 2.05) is 0 Å². The van der Waals surface area contributed by atoms with Crippen LogP contribution >= 0.6 is 0 Å². The second kappa shape index (κ2) is 8.90. The van der Waals surface area contributed by atoms with E-state index in [1.54, 1.807) is 32.9 Å². The van der Waals surface area contributed by atoms with Crippen molar-refractivity contribution in [2.45, 2.75) is 26.2 Å². The number of methoxy groups -OCH3 is 1. The summed E-state index contributed by atoms with van der Waals surface area (Å²) in [6, 6.07) is 6.18. The molecule has 0 unspecified atom stereocenters. The Morgan fingerprint density at radius 3 is 1.62 bits per heavy atom. The van der Waals surface area contributed by atoms with E-state index in [2.05, 4.69) is 0 Å². The molecule has 0 aliphatic carbocycles. The second-order valence-electron chi connectivity index (χ2n) is 4.61. The van der Waals surface area contributed by atoms with Crippen LogP contribution in [0.25, 0.3) is 0 Å². The molecule has 0 fully saturated rings.